The molecule has 5 aliphatic rings. The summed E-state index contributed by atoms with van der Waals surface area (Å²) < 4.78 is 30.2. The van der Waals surface area contributed by atoms with Crippen molar-refractivity contribution < 1.29 is 68.7 Å². The number of carbonyl (C=O) groups excluding carboxylic acids is 3. The number of piperazine rings is 1. The minimum absolute atomic E-state index is 0.0559. The van der Waals surface area contributed by atoms with Gasteiger partial charge in [-0.2, -0.15) is 5.10 Å². The lowest BCUT2D eigenvalue weighted by Gasteiger charge is -2.38. The molecule has 18 heteroatoms. The zero-order valence-corrected chi connectivity index (χ0v) is 57.2. The van der Waals surface area contributed by atoms with Crippen LogP contribution in [-0.4, -0.2) is 141 Å². The van der Waals surface area contributed by atoms with Crippen LogP contribution in [0.25, 0.3) is 10.8 Å². The third-order valence-electron chi connectivity index (χ3n) is 19.7. The van der Waals surface area contributed by atoms with Gasteiger partial charge in [-0.25, -0.2) is 0 Å². The number of amides is 1. The van der Waals surface area contributed by atoms with E-state index in [9.17, 15) is 45.0 Å². The van der Waals surface area contributed by atoms with Gasteiger partial charge in [0, 0.05) is 92.9 Å². The van der Waals surface area contributed by atoms with Crippen LogP contribution in [0.5, 0.6) is 34.5 Å². The number of Topliss-reactive ketones (excluding diaryl/α,β-unsaturated/α-hetero) is 1. The zero-order chi connectivity index (χ0) is 66.9. The van der Waals surface area contributed by atoms with Crippen molar-refractivity contribution in [1.82, 2.24) is 9.91 Å². The second-order valence-corrected chi connectivity index (χ2v) is 27.6. The van der Waals surface area contributed by atoms with E-state index in [1.807, 2.05) is 20.9 Å². The van der Waals surface area contributed by atoms with Crippen LogP contribution in [0.1, 0.15) is 191 Å². The minimum Gasteiger partial charge on any atom is -0.507 e. The van der Waals surface area contributed by atoms with Gasteiger partial charge in [0.05, 0.1) is 53.0 Å². The van der Waals surface area contributed by atoms with Crippen LogP contribution in [0.4, 0.5) is 5.69 Å². The van der Waals surface area contributed by atoms with Gasteiger partial charge in [-0.15, -0.1) is 0 Å². The van der Waals surface area contributed by atoms with E-state index < -0.39 is 88.8 Å². The van der Waals surface area contributed by atoms with Crippen LogP contribution in [0.3, 0.4) is 0 Å². The Balaban J connectivity index is 0.000000349. The second-order valence-electron chi connectivity index (χ2n) is 27.6. The van der Waals surface area contributed by atoms with E-state index in [0.29, 0.717) is 18.8 Å². The number of hydrogen-bond donors (Lipinski definition) is 7. The number of aromatic hydroxyl groups is 4. The molecule has 12 atom stereocenters. The number of aliphatic hydroxyl groups excluding tert-OH is 2. The number of rotatable bonds is 16. The van der Waals surface area contributed by atoms with Gasteiger partial charge in [0.15, 0.2) is 5.75 Å². The predicted molar refractivity (Wildman–Crippen MR) is 355 cm³/mol. The third-order valence-corrected chi connectivity index (χ3v) is 19.7. The molecule has 5 aliphatic heterocycles. The van der Waals surface area contributed by atoms with Crippen molar-refractivity contribution in [1.29, 1.82) is 0 Å². The summed E-state index contributed by atoms with van der Waals surface area (Å²) >= 11 is 0. The molecule has 0 aromatic heterocycles. The van der Waals surface area contributed by atoms with Crippen LogP contribution in [0, 0.1) is 69.1 Å². The maximum absolute atomic E-state index is 14.4. The van der Waals surface area contributed by atoms with E-state index in [1.165, 1.54) is 116 Å². The standard InChI is InChI=1S/C43H58N4O12.C29H50O2/c1-21-12-11-13-22(2)42(55)45-33-28(20-44-47-17-15-46(9)16-18-47)37(52)30-31(38(33)53)36(51)26(6)40-32(30)41(54)43(8,59-40)57-19-14-29(56-10)23(3)39(58-27(7)48)25(5)35(50)24(4)34(21)49;1-20(2)12-9-13-21(3)14-10-15-22(4)16-11-18-29(8)19-17-26-25(7)27(30)23(5)24(6)28(26)31-29/h11-14,19-21,23-25,29,34-35,39,49-53H,15-18H2,1-10H3,(H,45,55);20-22,30H,9-19H2,1-8H3/b12-11+,19-14+,22-13-,44-20+;/t21-,23+,24+,25+,29-,34-,35+,39+,43-;21-,22-,29-/m01/s1. The van der Waals surface area contributed by atoms with Crippen LogP contribution in [0.15, 0.2) is 41.2 Å². The number of ketones is 1. The first-order chi connectivity index (χ1) is 42.3. The summed E-state index contributed by atoms with van der Waals surface area (Å²) in [5.74, 6) is -4.31. The van der Waals surface area contributed by atoms with Crippen LogP contribution >= 0.6 is 0 Å². The summed E-state index contributed by atoms with van der Waals surface area (Å²) in [6, 6.07) is 0. The number of phenols is 4. The number of likely N-dealkylation sites (N-methyl/N-ethyl adjacent to an activating group) is 1. The fourth-order valence-electron chi connectivity index (χ4n) is 13.2. The summed E-state index contributed by atoms with van der Waals surface area (Å²) in [6.07, 6.45) is 18.9. The molecule has 3 aromatic rings. The number of anilines is 1. The molecule has 5 bridgehead atoms. The van der Waals surface area contributed by atoms with E-state index in [-0.39, 0.29) is 50.1 Å². The summed E-state index contributed by atoms with van der Waals surface area (Å²) in [4.78, 5) is 42.6. The van der Waals surface area contributed by atoms with Crippen LogP contribution in [0.2, 0.25) is 0 Å². The maximum atomic E-state index is 14.4. The molecule has 0 saturated carbocycles. The maximum Gasteiger partial charge on any atom is 0.312 e. The molecule has 1 saturated heterocycles. The van der Waals surface area contributed by atoms with Crippen LogP contribution < -0.4 is 14.8 Å². The average Bonchev–Trinajstić information content (AvgIpc) is 1.44. The monoisotopic (exact) mass is 1250 g/mol. The van der Waals surface area contributed by atoms with Gasteiger partial charge in [-0.05, 0) is 115 Å². The lowest BCUT2D eigenvalue weighted by atomic mass is 9.78. The Morgan fingerprint density at radius 1 is 0.756 bits per heavy atom. The highest BCUT2D eigenvalue weighted by molar-refractivity contribution is 6.24. The van der Waals surface area contributed by atoms with Crippen molar-refractivity contribution in [3.8, 4) is 34.5 Å². The minimum atomic E-state index is -2.04. The van der Waals surface area contributed by atoms with Crippen molar-refractivity contribution in [3.05, 3.63) is 75.1 Å². The van der Waals surface area contributed by atoms with E-state index in [0.717, 1.165) is 72.5 Å². The van der Waals surface area contributed by atoms with Gasteiger partial charge in [-0.1, -0.05) is 119 Å². The number of hydrazone groups is 1. The quantitative estimate of drug-likeness (QED) is 0.0305. The van der Waals surface area contributed by atoms with Crippen LogP contribution in [-0.2, 0) is 30.2 Å². The number of fused-ring (bicyclic) bond motifs is 15. The molecular weight excluding hydrogens is 1140 g/mol. The Hall–Kier alpha value is -6.34. The lowest BCUT2D eigenvalue weighted by Crippen LogP contribution is -2.46. The second kappa shape index (κ2) is 31.3. The van der Waals surface area contributed by atoms with E-state index in [1.54, 1.807) is 44.9 Å². The molecule has 3 aromatic carbocycles. The number of nitrogens with one attached hydrogen (secondary N) is 1. The largest absolute Gasteiger partial charge is 0.507 e. The third kappa shape index (κ3) is 17.0. The molecule has 0 radical (unpaired) electrons. The van der Waals surface area contributed by atoms with Gasteiger partial charge < -0.3 is 64.5 Å². The van der Waals surface area contributed by atoms with Crippen molar-refractivity contribution in [2.45, 2.75) is 217 Å². The number of hydrogen-bond acceptors (Lipinski definition) is 17. The first-order valence-corrected chi connectivity index (χ1v) is 32.8. The number of benzene rings is 3. The number of ether oxygens (including phenoxy) is 5. The molecule has 7 N–H and O–H groups in total. The highest BCUT2D eigenvalue weighted by atomic mass is 16.7. The van der Waals surface area contributed by atoms with E-state index >= 15 is 0 Å². The molecule has 90 heavy (non-hydrogen) atoms. The fraction of sp³-hybridized carbons (Fsp3) is 0.639. The SMILES string of the molecule is CO[C@H]1/C=C/O[C@@]2(C)Oc3c(C)c(O)c4c(O)c(c(/C=N/N5CCN(C)CC5)c(O)c4c3C2=O)NC(=O)/C(C)=C\C=C\[C@H](C)[C@H](O)[C@@H](C)[C@@H](O)[C@@H](C)[C@H](OC(C)=O)[C@@H]1C.Cc1c(C)c2c(c(C)c1O)CC[C@@](C)(CCC[C@H](C)CCC[C@H](C)CCCC(C)C)O2. The summed E-state index contributed by atoms with van der Waals surface area (Å²) in [6.45, 7) is 33.0. The fourth-order valence-corrected chi connectivity index (χ4v) is 13.2. The number of methoxy groups -OCH3 is 1. The number of aliphatic hydroxyl groups is 2. The van der Waals surface area contributed by atoms with Gasteiger partial charge in [0.1, 0.15) is 40.5 Å². The normalized spacial score (nSPS) is 28.1. The molecule has 1 fully saturated rings. The first kappa shape index (κ1) is 72.7. The number of allylic oxidation sites excluding steroid dienone is 2. The predicted octanol–water partition coefficient (Wildman–Crippen LogP) is 13.2. The first-order valence-electron chi connectivity index (χ1n) is 32.8. The Kier molecular flexibility index (Phi) is 25.3. The molecule has 0 aliphatic carbocycles. The molecule has 8 rings (SSSR count). The number of esters is 1. The highest BCUT2D eigenvalue weighted by Gasteiger charge is 2.50. The number of carbonyl (C=O) groups is 3. The Bertz CT molecular complexity index is 3140. The van der Waals surface area contributed by atoms with Crippen molar-refractivity contribution >= 4 is 40.3 Å². The summed E-state index contributed by atoms with van der Waals surface area (Å²) in [7, 11) is 3.42. The van der Waals surface area contributed by atoms with E-state index in [4.69, 9.17) is 23.7 Å². The van der Waals surface area contributed by atoms with Crippen molar-refractivity contribution in [2.75, 3.05) is 45.7 Å². The Morgan fingerprint density at radius 3 is 1.99 bits per heavy atom. The summed E-state index contributed by atoms with van der Waals surface area (Å²) in [5.41, 5.74) is 3.88. The van der Waals surface area contributed by atoms with Crippen molar-refractivity contribution in [3.63, 3.8) is 0 Å². The molecule has 18 nitrogen and oxygen atoms in total. The zero-order valence-electron chi connectivity index (χ0n) is 57.2. The number of phenolic OH excluding ortho intramolecular Hbond substituents is 4. The summed E-state index contributed by atoms with van der Waals surface area (Å²) in [5, 5.41) is 77.2. The molecule has 0 unspecified atom stereocenters. The topological polar surface area (TPSA) is 250 Å². The lowest BCUT2D eigenvalue weighted by molar-refractivity contribution is -0.160. The number of nitrogens with zero attached hydrogens (tertiary/aromatic N) is 3. The van der Waals surface area contributed by atoms with Gasteiger partial charge >= 0.3 is 11.8 Å². The highest BCUT2D eigenvalue weighted by Crippen LogP contribution is 2.55. The molecule has 1 amide bonds. The van der Waals surface area contributed by atoms with E-state index in [2.05, 4.69) is 56.9 Å². The molecule has 0 spiro atoms. The van der Waals surface area contributed by atoms with Gasteiger partial charge in [0.2, 0.25) is 0 Å². The molecule has 5 heterocycles. The Morgan fingerprint density at radius 2 is 1.38 bits per heavy atom. The Labute approximate surface area is 535 Å². The molecular formula is C72H108N4O14. The van der Waals surface area contributed by atoms with Crippen molar-refractivity contribution in [2.24, 2.45) is 46.5 Å². The average molecular weight is 1250 g/mol. The van der Waals surface area contributed by atoms with Gasteiger partial charge in [0.25, 0.3) is 11.7 Å². The smallest absolute Gasteiger partial charge is 0.312 e. The molecule has 500 valence electrons. The van der Waals surface area contributed by atoms with Gasteiger partial charge in [-0.3, -0.25) is 19.4 Å².